The maximum atomic E-state index is 8.46. The van der Waals surface area contributed by atoms with Crippen LogP contribution in [0.15, 0.2) is 18.2 Å². The van der Waals surface area contributed by atoms with Gasteiger partial charge < -0.3 is 15.2 Å². The van der Waals surface area contributed by atoms with E-state index in [-0.39, 0.29) is 6.04 Å². The van der Waals surface area contributed by atoms with Gasteiger partial charge in [-0.05, 0) is 49.9 Å². The van der Waals surface area contributed by atoms with Crippen LogP contribution in [-0.2, 0) is 6.42 Å². The molecule has 104 valence electrons. The van der Waals surface area contributed by atoms with E-state index in [1.165, 1.54) is 0 Å². The molecule has 0 heterocycles. The van der Waals surface area contributed by atoms with Gasteiger partial charge in [0.1, 0.15) is 11.5 Å². The highest BCUT2D eigenvalue weighted by molar-refractivity contribution is 5.40. The van der Waals surface area contributed by atoms with Gasteiger partial charge in [-0.3, -0.25) is 0 Å². The predicted octanol–water partition coefficient (Wildman–Crippen LogP) is 2.66. The number of nitrogens with zero attached hydrogens (tertiary/aromatic N) is 1. The monoisotopic (exact) mass is 262 g/mol. The Labute approximate surface area is 115 Å². The van der Waals surface area contributed by atoms with Crippen LogP contribution in [0.5, 0.6) is 11.5 Å². The molecule has 4 nitrogen and oxygen atoms in total. The maximum Gasteiger partial charge on any atom is 0.122 e. The second-order valence-electron chi connectivity index (χ2n) is 4.62. The molecule has 0 fully saturated rings. The van der Waals surface area contributed by atoms with Gasteiger partial charge in [0.15, 0.2) is 0 Å². The number of benzene rings is 1. The number of unbranched alkanes of at least 4 members (excludes halogenated alkanes) is 2. The molecule has 1 unspecified atom stereocenters. The van der Waals surface area contributed by atoms with Gasteiger partial charge in [-0.2, -0.15) is 5.26 Å². The van der Waals surface area contributed by atoms with Gasteiger partial charge in [-0.25, -0.2) is 0 Å². The van der Waals surface area contributed by atoms with Crippen LogP contribution >= 0.6 is 0 Å². The second kappa shape index (κ2) is 8.39. The van der Waals surface area contributed by atoms with Crippen molar-refractivity contribution in [2.24, 2.45) is 5.73 Å². The molecule has 0 spiro atoms. The molecule has 1 aromatic carbocycles. The number of ether oxygens (including phenoxy) is 2. The summed E-state index contributed by atoms with van der Waals surface area (Å²) in [5.74, 6) is 1.67. The van der Waals surface area contributed by atoms with Crippen LogP contribution in [0, 0.1) is 11.3 Å². The summed E-state index contributed by atoms with van der Waals surface area (Å²) in [5.41, 5.74) is 6.91. The Balaban J connectivity index is 2.62. The van der Waals surface area contributed by atoms with Crippen molar-refractivity contribution in [1.82, 2.24) is 0 Å². The highest BCUT2D eigenvalue weighted by Gasteiger charge is 2.08. The van der Waals surface area contributed by atoms with E-state index in [1.54, 1.807) is 7.11 Å². The zero-order valence-corrected chi connectivity index (χ0v) is 11.7. The molecule has 0 aliphatic rings. The third-order valence-corrected chi connectivity index (χ3v) is 2.75. The van der Waals surface area contributed by atoms with Crippen molar-refractivity contribution in [3.05, 3.63) is 23.8 Å². The van der Waals surface area contributed by atoms with Crippen molar-refractivity contribution in [1.29, 1.82) is 5.26 Å². The van der Waals surface area contributed by atoms with Crippen LogP contribution < -0.4 is 15.2 Å². The van der Waals surface area contributed by atoms with Crippen LogP contribution in [0.4, 0.5) is 0 Å². The molecule has 1 atom stereocenters. The molecule has 0 aromatic heterocycles. The molecule has 1 rings (SSSR count). The first-order chi connectivity index (χ1) is 9.17. The van der Waals surface area contributed by atoms with Gasteiger partial charge in [-0.1, -0.05) is 0 Å². The van der Waals surface area contributed by atoms with Crippen molar-refractivity contribution in [2.45, 2.75) is 38.6 Å². The SMILES string of the molecule is COc1ccc(OCCCCC#N)c(CC(C)N)c1. The lowest BCUT2D eigenvalue weighted by molar-refractivity contribution is 0.303. The Hall–Kier alpha value is -1.73. The molecular formula is C15H22N2O2. The highest BCUT2D eigenvalue weighted by atomic mass is 16.5. The molecule has 0 saturated heterocycles. The van der Waals surface area contributed by atoms with E-state index in [0.29, 0.717) is 13.0 Å². The fourth-order valence-corrected chi connectivity index (χ4v) is 1.82. The Morgan fingerprint density at radius 1 is 1.37 bits per heavy atom. The fourth-order valence-electron chi connectivity index (χ4n) is 1.82. The first-order valence-corrected chi connectivity index (χ1v) is 6.59. The van der Waals surface area contributed by atoms with Crippen LogP contribution in [0.3, 0.4) is 0 Å². The summed E-state index contributed by atoms with van der Waals surface area (Å²) in [5, 5.41) is 8.46. The van der Waals surface area contributed by atoms with E-state index >= 15 is 0 Å². The minimum Gasteiger partial charge on any atom is -0.497 e. The standard InChI is InChI=1S/C15H22N2O2/c1-12(17)10-13-11-14(18-2)6-7-15(13)19-9-5-3-4-8-16/h6-7,11-12H,3-5,9-10,17H2,1-2H3. The highest BCUT2D eigenvalue weighted by Crippen LogP contribution is 2.25. The quantitative estimate of drug-likeness (QED) is 0.731. The molecule has 0 bridgehead atoms. The van der Waals surface area contributed by atoms with Crippen molar-refractivity contribution in [2.75, 3.05) is 13.7 Å². The molecular weight excluding hydrogens is 240 g/mol. The van der Waals surface area contributed by atoms with Crippen molar-refractivity contribution in [3.63, 3.8) is 0 Å². The molecule has 0 aliphatic heterocycles. The minimum atomic E-state index is 0.0769. The van der Waals surface area contributed by atoms with Gasteiger partial charge in [0.05, 0.1) is 19.8 Å². The normalized spacial score (nSPS) is 11.7. The van der Waals surface area contributed by atoms with Gasteiger partial charge in [-0.15, -0.1) is 0 Å². The number of hydrogen-bond acceptors (Lipinski definition) is 4. The Bertz CT molecular complexity index is 425. The summed E-state index contributed by atoms with van der Waals surface area (Å²) in [6.07, 6.45) is 3.09. The molecule has 0 aliphatic carbocycles. The number of methoxy groups -OCH3 is 1. The lowest BCUT2D eigenvalue weighted by Crippen LogP contribution is -2.18. The van der Waals surface area contributed by atoms with Crippen LogP contribution in [0.25, 0.3) is 0 Å². The second-order valence-corrected chi connectivity index (χ2v) is 4.62. The summed E-state index contributed by atoms with van der Waals surface area (Å²) in [4.78, 5) is 0. The van der Waals surface area contributed by atoms with Crippen molar-refractivity contribution < 1.29 is 9.47 Å². The van der Waals surface area contributed by atoms with Crippen LogP contribution in [0.1, 0.15) is 31.7 Å². The van der Waals surface area contributed by atoms with E-state index in [0.717, 1.165) is 36.3 Å². The molecule has 4 heteroatoms. The number of nitriles is 1. The van der Waals surface area contributed by atoms with Gasteiger partial charge in [0.25, 0.3) is 0 Å². The third kappa shape index (κ3) is 5.62. The summed E-state index contributed by atoms with van der Waals surface area (Å²) in [7, 11) is 1.65. The lowest BCUT2D eigenvalue weighted by atomic mass is 10.1. The van der Waals surface area contributed by atoms with E-state index < -0.39 is 0 Å². The molecule has 19 heavy (non-hydrogen) atoms. The number of rotatable bonds is 8. The summed E-state index contributed by atoms with van der Waals surface area (Å²) < 4.78 is 11.0. The average Bonchev–Trinajstić information content (AvgIpc) is 2.39. The van der Waals surface area contributed by atoms with Gasteiger partial charge >= 0.3 is 0 Å². The predicted molar refractivity (Wildman–Crippen MR) is 75.3 cm³/mol. The summed E-state index contributed by atoms with van der Waals surface area (Å²) in [6.45, 7) is 2.59. The van der Waals surface area contributed by atoms with Crippen molar-refractivity contribution >= 4 is 0 Å². The first kappa shape index (κ1) is 15.3. The van der Waals surface area contributed by atoms with Gasteiger partial charge in [0, 0.05) is 12.5 Å². The Kier molecular flexibility index (Phi) is 6.76. The van der Waals surface area contributed by atoms with Crippen LogP contribution in [-0.4, -0.2) is 19.8 Å². The smallest absolute Gasteiger partial charge is 0.122 e. The first-order valence-electron chi connectivity index (χ1n) is 6.59. The van der Waals surface area contributed by atoms with Gasteiger partial charge in [0.2, 0.25) is 0 Å². The van der Waals surface area contributed by atoms with Crippen molar-refractivity contribution in [3.8, 4) is 17.6 Å². The molecule has 0 saturated carbocycles. The van der Waals surface area contributed by atoms with E-state index in [4.69, 9.17) is 20.5 Å². The molecule has 0 amide bonds. The zero-order chi connectivity index (χ0) is 14.1. The third-order valence-electron chi connectivity index (χ3n) is 2.75. The minimum absolute atomic E-state index is 0.0769. The van der Waals surface area contributed by atoms with Crippen LogP contribution in [0.2, 0.25) is 0 Å². The molecule has 2 N–H and O–H groups in total. The summed E-state index contributed by atoms with van der Waals surface area (Å²) in [6, 6.07) is 7.98. The average molecular weight is 262 g/mol. The topological polar surface area (TPSA) is 68.3 Å². The number of hydrogen-bond donors (Lipinski definition) is 1. The number of nitrogens with two attached hydrogens (primary N) is 1. The lowest BCUT2D eigenvalue weighted by Gasteiger charge is -2.14. The van der Waals surface area contributed by atoms with E-state index in [1.807, 2.05) is 25.1 Å². The summed E-state index contributed by atoms with van der Waals surface area (Å²) >= 11 is 0. The largest absolute Gasteiger partial charge is 0.497 e. The Morgan fingerprint density at radius 2 is 2.16 bits per heavy atom. The molecule has 1 aromatic rings. The zero-order valence-electron chi connectivity index (χ0n) is 11.7. The maximum absolute atomic E-state index is 8.46. The van der Waals surface area contributed by atoms with E-state index in [9.17, 15) is 0 Å². The van der Waals surface area contributed by atoms with E-state index in [2.05, 4.69) is 6.07 Å². The Morgan fingerprint density at radius 3 is 2.79 bits per heavy atom. The molecule has 0 radical (unpaired) electrons. The fraction of sp³-hybridized carbons (Fsp3) is 0.533.